The van der Waals surface area contributed by atoms with E-state index in [4.69, 9.17) is 0 Å². The molecular formula is C76H120IORb5S4+8. The van der Waals surface area contributed by atoms with Gasteiger partial charge in [-0.2, -0.15) is 0 Å². The van der Waals surface area contributed by atoms with Gasteiger partial charge in [0.2, 0.25) is 0 Å². The van der Waals surface area contributed by atoms with Crippen molar-refractivity contribution in [2.75, 3.05) is 37.5 Å². The van der Waals surface area contributed by atoms with E-state index >= 15 is 0 Å². The van der Waals surface area contributed by atoms with E-state index in [1.165, 1.54) is 49.6 Å². The van der Waals surface area contributed by atoms with Crippen molar-refractivity contribution in [2.45, 2.75) is 163 Å². The van der Waals surface area contributed by atoms with Crippen LogP contribution in [-0.4, -0.2) is 116 Å². The molecule has 0 saturated carbocycles. The normalized spacial score (nSPS) is 8.45. The van der Waals surface area contributed by atoms with Crippen molar-refractivity contribution in [2.24, 2.45) is 0 Å². The van der Waals surface area contributed by atoms with E-state index < -0.39 is 0 Å². The number of benzene rings is 8. The van der Waals surface area contributed by atoms with Crippen molar-refractivity contribution in [3.8, 4) is 0 Å². The van der Waals surface area contributed by atoms with Crippen LogP contribution in [0.1, 0.15) is 143 Å². The van der Waals surface area contributed by atoms with Crippen LogP contribution in [-0.2, 0) is 55.7 Å². The number of halogens is 1. The quantitative estimate of drug-likeness (QED) is 0.0758. The molecule has 1 atom stereocenters. The topological polar surface area (TPSA) is 17.1 Å². The second kappa shape index (κ2) is 97.0. The summed E-state index contributed by atoms with van der Waals surface area (Å²) in [5, 5.41) is 0.259. The molecule has 0 aromatic heterocycles. The van der Waals surface area contributed by atoms with E-state index in [0.29, 0.717) is 5.78 Å². The van der Waals surface area contributed by atoms with Crippen molar-refractivity contribution in [1.29, 1.82) is 0 Å². The fraction of sp³-hybridized carbons (Fsp3) is 0.355. The van der Waals surface area contributed by atoms with Crippen LogP contribution in [0.15, 0.2) is 262 Å². The molecule has 0 fully saturated rings. The molecule has 0 spiro atoms. The van der Waals surface area contributed by atoms with Gasteiger partial charge in [-0.15, -0.1) is 0 Å². The monoisotopic (exact) mass is 1730 g/mol. The second-order valence-electron chi connectivity index (χ2n) is 14.7. The Morgan fingerprint density at radius 2 is 0.529 bits per heavy atom. The fourth-order valence-corrected chi connectivity index (χ4v) is 11.3. The molecule has 87 heavy (non-hydrogen) atoms. The van der Waals surface area contributed by atoms with Gasteiger partial charge >= 0.3 is 263 Å². The van der Waals surface area contributed by atoms with Crippen LogP contribution in [0.2, 0.25) is 0 Å². The SMILES string of the molecule is C.CC.CC.CC.CC.CC.CC.CC.CC.CC(=O)C(C)[S+](C)C.C[S+](c1ccccc1)c1ccccc1.C[S+](c1ccccc1)c1ccccc1.C[SH+]C.[Rb+].[Rb+].[Rb+].[Rb][Rb].c1ccc(Cc2ccccc2)cc1.c1ccc([I+]c2ccccc2)cc1. The van der Waals surface area contributed by atoms with Gasteiger partial charge in [-0.3, -0.25) is 4.79 Å². The van der Waals surface area contributed by atoms with Gasteiger partial charge in [-0.1, -0.05) is 288 Å². The van der Waals surface area contributed by atoms with Gasteiger partial charge in [0.15, 0.2) is 37.8 Å². The Kier molecular flexibility index (Phi) is 129. The smallest absolute Gasteiger partial charge is 0.0622 e. The summed E-state index contributed by atoms with van der Waals surface area (Å²) in [7, 11) is 0.666. The third kappa shape index (κ3) is 70.3. The van der Waals surface area contributed by atoms with Crippen LogP contribution in [0.25, 0.3) is 0 Å². The summed E-state index contributed by atoms with van der Waals surface area (Å²) < 4.78 is 2.96. The molecule has 0 heterocycles. The molecule has 0 aliphatic rings. The number of ketones is 1. The number of carbonyl (C=O) groups is 1. The van der Waals surface area contributed by atoms with Gasteiger partial charge < -0.3 is 0 Å². The number of hydrogen-bond acceptors (Lipinski definition) is 1. The van der Waals surface area contributed by atoms with Crippen LogP contribution in [0.5, 0.6) is 0 Å². The maximum absolute atomic E-state index is 10.6. The van der Waals surface area contributed by atoms with E-state index in [1.54, 1.807) is 6.92 Å². The average molecular weight is 1730 g/mol. The van der Waals surface area contributed by atoms with Crippen LogP contribution in [0.4, 0.5) is 0 Å². The maximum Gasteiger partial charge on any atom is 0.357 e. The Hall–Kier alpha value is 4.59. The van der Waals surface area contributed by atoms with Crippen molar-refractivity contribution < 1.29 is 201 Å². The first-order chi connectivity index (χ1) is 40.6. The summed E-state index contributed by atoms with van der Waals surface area (Å²) in [5.41, 5.74) is 2.74. The third-order valence-corrected chi connectivity index (χ3v) is 17.8. The Labute approximate surface area is 761 Å². The summed E-state index contributed by atoms with van der Waals surface area (Å²) in [5.74, 6) is 0.304. The first-order valence-corrected chi connectivity index (χ1v) is 73.8. The molecule has 8 rings (SSSR count). The maximum atomic E-state index is 10.6. The summed E-state index contributed by atoms with van der Waals surface area (Å²) in [6.45, 7) is 35.6. The molecule has 0 radical (unpaired) electrons. The van der Waals surface area contributed by atoms with E-state index in [1.807, 2.05) is 118 Å². The molecule has 1 unspecified atom stereocenters. The standard InChI is InChI=1S/2C13H13S.C13H12.C12H10I.C6H13OS.C2H6S.8C2H6.CH4.5Rb/c2*1-14(12-8-4-2-5-9-12)13-10-6-3-7-11-13;1-3-7-12(8-4-1)11-13-9-5-2-6-10-13;1-3-7-11(8-4-1)13-12-9-5-2-6-10-12;1-5(7)6(2)8(3)4;1-3-2;8*1-2;;;;;;/h2*2-11H,1H3;1-10H,11H2;1-10H;6H,1-4H3;1-2H3;8*1-2H3;1H4;;;;;/q2*+1;;2*+1;;;;;;;;;;;;;3*+1/p+1. The summed E-state index contributed by atoms with van der Waals surface area (Å²) in [6, 6.07) is 85.0. The van der Waals surface area contributed by atoms with E-state index in [0.717, 1.165) is 74.1 Å². The van der Waals surface area contributed by atoms with Crippen LogP contribution in [0.3, 0.4) is 0 Å². The van der Waals surface area contributed by atoms with Gasteiger partial charge in [-0.25, -0.2) is 0 Å². The molecule has 0 saturated heterocycles. The van der Waals surface area contributed by atoms with Crippen molar-refractivity contribution in [1.82, 2.24) is 0 Å². The molecule has 0 bridgehead atoms. The predicted octanol–water partition coefficient (Wildman–Crippen LogP) is 9.80. The van der Waals surface area contributed by atoms with Gasteiger partial charge in [-0.05, 0) is 127 Å². The Morgan fingerprint density at radius 1 is 0.368 bits per heavy atom. The largest absolute Gasteiger partial charge is 0.357 e. The first-order valence-electron chi connectivity index (χ1n) is 30.5. The van der Waals surface area contributed by atoms with Crippen molar-refractivity contribution >= 4 is 118 Å². The molecule has 458 valence electrons. The second-order valence-corrected chi connectivity index (χ2v) is 25.0. The minimum atomic E-state index is 0. The van der Waals surface area contributed by atoms with E-state index in [-0.39, 0.29) is 241 Å². The summed E-state index contributed by atoms with van der Waals surface area (Å²) in [4.78, 5) is 16.2. The third-order valence-electron chi connectivity index (χ3n) is 9.44. The zero-order valence-corrected chi connectivity index (χ0v) is 90.4. The van der Waals surface area contributed by atoms with E-state index in [9.17, 15) is 4.79 Å². The molecular weight excluding hydrogens is 1610 g/mol. The Bertz CT molecular complexity index is 2060. The number of thiol groups is 1. The first kappa shape index (κ1) is 116. The fourth-order valence-electron chi connectivity index (χ4n) is 5.61. The van der Waals surface area contributed by atoms with Crippen LogP contribution < -0.4 is 196 Å². The summed E-state index contributed by atoms with van der Waals surface area (Å²) in [6.07, 6.45) is 13.9. The Morgan fingerprint density at radius 3 is 0.678 bits per heavy atom. The number of rotatable bonds is 10. The molecule has 0 aliphatic carbocycles. The molecule has 1 nitrogen and oxygen atoms in total. The molecule has 0 aliphatic heterocycles. The van der Waals surface area contributed by atoms with Gasteiger partial charge in [0.25, 0.3) is 0 Å². The van der Waals surface area contributed by atoms with Gasteiger partial charge in [0.05, 0.1) is 46.8 Å². The average Bonchev–Trinajstić information content (AvgIpc) is 3.72. The number of hydrogen-bond donors (Lipinski definition) is 0. The minimum Gasteiger partial charge on any atom is -0.0622 e. The Balaban J connectivity index is -0.0000000851. The van der Waals surface area contributed by atoms with Crippen LogP contribution >= 0.6 is 0 Å². The predicted molar refractivity (Wildman–Crippen MR) is 400 cm³/mol. The number of carbonyl (C=O) groups excluding carboxylic acids is 1. The van der Waals surface area contributed by atoms with Crippen LogP contribution in [0, 0.1) is 7.14 Å². The molecule has 8 aromatic rings. The number of Topliss-reactive ketones (excluding diaryl/α,β-unsaturated/α-hetero) is 1. The van der Waals surface area contributed by atoms with Crippen molar-refractivity contribution in [3.05, 3.63) is 261 Å². The molecule has 8 aromatic carbocycles. The molecule has 11 heteroatoms. The zero-order chi connectivity index (χ0) is 64.9. The van der Waals surface area contributed by atoms with Gasteiger partial charge in [0.1, 0.15) is 12.5 Å². The zero-order valence-electron chi connectivity index (χ0n) is 60.3. The summed E-state index contributed by atoms with van der Waals surface area (Å²) >= 11 is 3.77. The van der Waals surface area contributed by atoms with Gasteiger partial charge in [0, 0.05) is 0 Å². The van der Waals surface area contributed by atoms with E-state index in [2.05, 4.69) is 280 Å². The minimum absolute atomic E-state index is 0. The molecule has 0 amide bonds. The van der Waals surface area contributed by atoms with Crippen molar-refractivity contribution in [3.63, 3.8) is 0 Å². The molecule has 0 N–H and O–H groups in total.